The zero-order valence-electron chi connectivity index (χ0n) is 12.6. The summed E-state index contributed by atoms with van der Waals surface area (Å²) < 4.78 is 12.3. The van der Waals surface area contributed by atoms with Crippen LogP contribution in [0.2, 0.25) is 0 Å². The molecule has 1 heterocycles. The molecule has 2 aromatic carbocycles. The lowest BCUT2D eigenvalue weighted by Crippen LogP contribution is -2.52. The molecule has 0 amide bonds. The van der Waals surface area contributed by atoms with Gasteiger partial charge in [-0.2, -0.15) is 0 Å². The Morgan fingerprint density at radius 3 is 1.95 bits per heavy atom. The highest BCUT2D eigenvalue weighted by Gasteiger charge is 2.41. The fourth-order valence-corrected chi connectivity index (χ4v) is 4.87. The van der Waals surface area contributed by atoms with Crippen LogP contribution in [-0.2, 0) is 9.16 Å². The van der Waals surface area contributed by atoms with Gasteiger partial charge in [0.05, 0.1) is 18.8 Å². The Bertz CT molecular complexity index is 533. The molecule has 1 radical (unpaired) electrons. The number of benzene rings is 2. The molecule has 1 aliphatic rings. The minimum Gasteiger partial charge on any atom is -0.399 e. The van der Waals surface area contributed by atoms with Gasteiger partial charge in [-0.3, -0.25) is 0 Å². The molecular formula is C18H21O2Si. The van der Waals surface area contributed by atoms with E-state index in [1.807, 2.05) is 0 Å². The minimum absolute atomic E-state index is 0.194. The van der Waals surface area contributed by atoms with Crippen LogP contribution in [-0.4, -0.2) is 27.9 Å². The Morgan fingerprint density at radius 1 is 1.00 bits per heavy atom. The molecule has 2 atom stereocenters. The monoisotopic (exact) mass is 297 g/mol. The lowest BCUT2D eigenvalue weighted by Gasteiger charge is -2.32. The lowest BCUT2D eigenvalue weighted by molar-refractivity contribution is 0.0505. The van der Waals surface area contributed by atoms with Gasteiger partial charge in [0.2, 0.25) is 0 Å². The molecule has 0 aliphatic carbocycles. The van der Waals surface area contributed by atoms with Crippen molar-refractivity contribution in [3.8, 4) is 0 Å². The van der Waals surface area contributed by atoms with Crippen LogP contribution in [0.1, 0.15) is 13.8 Å². The molecule has 0 bridgehead atoms. The van der Waals surface area contributed by atoms with Gasteiger partial charge < -0.3 is 9.16 Å². The van der Waals surface area contributed by atoms with E-state index in [9.17, 15) is 0 Å². The molecular weight excluding hydrogens is 276 g/mol. The fraction of sp³-hybridized carbons (Fsp3) is 0.333. The molecule has 2 aromatic rings. The summed E-state index contributed by atoms with van der Waals surface area (Å²) in [5.41, 5.74) is -0.194. The van der Waals surface area contributed by atoms with Crippen LogP contribution in [0.25, 0.3) is 0 Å². The van der Waals surface area contributed by atoms with Crippen molar-refractivity contribution in [2.24, 2.45) is 5.92 Å². The van der Waals surface area contributed by atoms with Gasteiger partial charge >= 0.3 is 0 Å². The third-order valence-electron chi connectivity index (χ3n) is 4.21. The fourth-order valence-electron chi connectivity index (χ4n) is 2.58. The maximum atomic E-state index is 6.66. The summed E-state index contributed by atoms with van der Waals surface area (Å²) in [6.07, 6.45) is 0. The van der Waals surface area contributed by atoms with Crippen LogP contribution in [0.15, 0.2) is 60.7 Å². The van der Waals surface area contributed by atoms with Gasteiger partial charge in [0.15, 0.2) is 0 Å². The minimum atomic E-state index is -1.25. The molecule has 0 unspecified atom stereocenters. The number of hydrogen-bond donors (Lipinski definition) is 0. The molecule has 1 saturated heterocycles. The Kier molecular flexibility index (Phi) is 4.24. The Balaban J connectivity index is 1.94. The van der Waals surface area contributed by atoms with Crippen LogP contribution < -0.4 is 10.4 Å². The largest absolute Gasteiger partial charge is 0.399 e. The molecule has 3 heteroatoms. The Hall–Kier alpha value is -1.42. The molecule has 0 saturated carbocycles. The van der Waals surface area contributed by atoms with Crippen LogP contribution in [0.5, 0.6) is 0 Å². The van der Waals surface area contributed by atoms with Gasteiger partial charge in [-0.25, -0.2) is 0 Å². The van der Waals surface area contributed by atoms with E-state index in [0.29, 0.717) is 12.5 Å². The van der Waals surface area contributed by atoms with Crippen LogP contribution >= 0.6 is 0 Å². The first-order chi connectivity index (χ1) is 10.2. The molecule has 109 valence electrons. The van der Waals surface area contributed by atoms with Crippen LogP contribution in [0, 0.1) is 5.92 Å². The molecule has 2 nitrogen and oxygen atoms in total. The summed E-state index contributed by atoms with van der Waals surface area (Å²) in [4.78, 5) is 0. The Labute approximate surface area is 128 Å². The van der Waals surface area contributed by atoms with Gasteiger partial charge in [0.25, 0.3) is 9.04 Å². The van der Waals surface area contributed by atoms with Crippen molar-refractivity contribution in [1.29, 1.82) is 0 Å². The lowest BCUT2D eigenvalue weighted by atomic mass is 9.95. The van der Waals surface area contributed by atoms with Gasteiger partial charge in [-0.05, 0) is 17.3 Å². The summed E-state index contributed by atoms with van der Waals surface area (Å²) in [6, 6.07) is 21.1. The number of ether oxygens (including phenoxy) is 1. The summed E-state index contributed by atoms with van der Waals surface area (Å²) >= 11 is 0. The van der Waals surface area contributed by atoms with Gasteiger partial charge in [0.1, 0.15) is 0 Å². The molecule has 21 heavy (non-hydrogen) atoms. The standard InChI is InChI=1S/C18H21O2Si/c1-15-13-19-14-18(15,2)20-21(16-9-5-3-6-10-16)17-11-7-4-8-12-17/h3-12,15H,13-14H2,1-2H3/t15-,18+/m1/s1. The van der Waals surface area contributed by atoms with Crippen molar-refractivity contribution in [3.05, 3.63) is 60.7 Å². The van der Waals surface area contributed by atoms with Gasteiger partial charge in [0, 0.05) is 5.92 Å². The molecule has 0 spiro atoms. The van der Waals surface area contributed by atoms with Gasteiger partial charge in [-0.1, -0.05) is 67.6 Å². The van der Waals surface area contributed by atoms with E-state index in [0.717, 1.165) is 6.61 Å². The van der Waals surface area contributed by atoms with Crippen molar-refractivity contribution in [3.63, 3.8) is 0 Å². The molecule has 1 fully saturated rings. The third kappa shape index (κ3) is 3.10. The summed E-state index contributed by atoms with van der Waals surface area (Å²) in [6.45, 7) is 5.86. The van der Waals surface area contributed by atoms with Crippen LogP contribution in [0.4, 0.5) is 0 Å². The van der Waals surface area contributed by atoms with E-state index in [1.54, 1.807) is 0 Å². The summed E-state index contributed by atoms with van der Waals surface area (Å²) in [5.74, 6) is 0.421. The molecule has 3 rings (SSSR count). The molecule has 0 N–H and O–H groups in total. The normalized spacial score (nSPS) is 25.4. The van der Waals surface area contributed by atoms with E-state index in [-0.39, 0.29) is 5.60 Å². The van der Waals surface area contributed by atoms with E-state index >= 15 is 0 Å². The highest BCUT2D eigenvalue weighted by atomic mass is 28.3. The molecule has 1 aliphatic heterocycles. The second-order valence-corrected chi connectivity index (χ2v) is 7.91. The van der Waals surface area contributed by atoms with Crippen molar-refractivity contribution in [2.75, 3.05) is 13.2 Å². The van der Waals surface area contributed by atoms with Crippen molar-refractivity contribution in [1.82, 2.24) is 0 Å². The maximum Gasteiger partial charge on any atom is 0.283 e. The quantitative estimate of drug-likeness (QED) is 0.806. The second kappa shape index (κ2) is 6.14. The van der Waals surface area contributed by atoms with E-state index in [4.69, 9.17) is 9.16 Å². The highest BCUT2D eigenvalue weighted by Crippen LogP contribution is 2.29. The number of rotatable bonds is 4. The average molecular weight is 297 g/mol. The van der Waals surface area contributed by atoms with Crippen LogP contribution in [0.3, 0.4) is 0 Å². The predicted molar refractivity (Wildman–Crippen MR) is 87.4 cm³/mol. The number of hydrogen-bond acceptors (Lipinski definition) is 2. The van der Waals surface area contributed by atoms with Gasteiger partial charge in [-0.15, -0.1) is 0 Å². The van der Waals surface area contributed by atoms with Crippen molar-refractivity contribution < 1.29 is 9.16 Å². The second-order valence-electron chi connectivity index (χ2n) is 5.89. The smallest absolute Gasteiger partial charge is 0.283 e. The first-order valence-electron chi connectivity index (χ1n) is 7.43. The van der Waals surface area contributed by atoms with Crippen molar-refractivity contribution in [2.45, 2.75) is 19.4 Å². The maximum absolute atomic E-state index is 6.66. The summed E-state index contributed by atoms with van der Waals surface area (Å²) in [7, 11) is -1.25. The topological polar surface area (TPSA) is 18.5 Å². The van der Waals surface area contributed by atoms with E-state index in [2.05, 4.69) is 74.5 Å². The zero-order chi connectivity index (χ0) is 14.7. The van der Waals surface area contributed by atoms with E-state index in [1.165, 1.54) is 10.4 Å². The SMILES string of the molecule is C[C@@H]1COC[C@]1(C)O[Si](c1ccccc1)c1ccccc1. The van der Waals surface area contributed by atoms with E-state index < -0.39 is 9.04 Å². The zero-order valence-corrected chi connectivity index (χ0v) is 13.6. The third-order valence-corrected chi connectivity index (χ3v) is 6.59. The predicted octanol–water partition coefficient (Wildman–Crippen LogP) is 2.23. The first-order valence-corrected chi connectivity index (χ1v) is 8.84. The summed E-state index contributed by atoms with van der Waals surface area (Å²) in [5, 5.41) is 2.57. The molecule has 0 aromatic heterocycles. The average Bonchev–Trinajstić information content (AvgIpc) is 2.86. The highest BCUT2D eigenvalue weighted by molar-refractivity contribution is 6.80. The van der Waals surface area contributed by atoms with Crippen molar-refractivity contribution >= 4 is 19.4 Å². The first kappa shape index (κ1) is 14.5. The Morgan fingerprint density at radius 2 is 1.52 bits per heavy atom.